The van der Waals surface area contributed by atoms with Crippen LogP contribution in [0.1, 0.15) is 37.6 Å². The second kappa shape index (κ2) is 7.83. The first kappa shape index (κ1) is 17.2. The monoisotopic (exact) mass is 408 g/mol. The highest BCUT2D eigenvalue weighted by Gasteiger charge is 2.19. The number of amides is 2. The fourth-order valence-corrected chi connectivity index (χ4v) is 2.23. The summed E-state index contributed by atoms with van der Waals surface area (Å²) in [5.41, 5.74) is 0.473. The number of rotatable bonds is 5. The fraction of sp³-hybridized carbons (Fsp3) is 0.429. The van der Waals surface area contributed by atoms with Crippen LogP contribution in [0.4, 0.5) is 0 Å². The minimum atomic E-state index is -0.591. The van der Waals surface area contributed by atoms with Gasteiger partial charge in [0.15, 0.2) is 0 Å². The highest BCUT2D eigenvalue weighted by Crippen LogP contribution is 2.17. The van der Waals surface area contributed by atoms with Crippen molar-refractivity contribution in [3.05, 3.63) is 32.4 Å². The third kappa shape index (κ3) is 4.94. The first-order chi connectivity index (χ1) is 9.35. The molecule has 20 heavy (non-hydrogen) atoms. The first-order valence-corrected chi connectivity index (χ1v) is 7.87. The molecule has 2 amide bonds. The normalized spacial score (nSPS) is 13.4. The third-order valence-electron chi connectivity index (χ3n) is 2.91. The van der Waals surface area contributed by atoms with Crippen molar-refractivity contribution in [1.29, 1.82) is 0 Å². The van der Waals surface area contributed by atoms with Gasteiger partial charge in [0.2, 0.25) is 5.91 Å². The van der Waals surface area contributed by atoms with E-state index in [4.69, 9.17) is 11.6 Å². The van der Waals surface area contributed by atoms with Crippen LogP contribution in [0.5, 0.6) is 0 Å². The Hall–Kier alpha value is -0.820. The third-order valence-corrected chi connectivity index (χ3v) is 4.09. The van der Waals surface area contributed by atoms with E-state index >= 15 is 0 Å². The van der Waals surface area contributed by atoms with Crippen LogP contribution in [0, 0.1) is 3.57 Å². The number of hydrogen-bond acceptors (Lipinski definition) is 2. The van der Waals surface area contributed by atoms with Gasteiger partial charge in [-0.05, 0) is 61.1 Å². The molecule has 2 unspecified atom stereocenters. The van der Waals surface area contributed by atoms with E-state index in [0.717, 1.165) is 9.99 Å². The molecule has 0 bridgehead atoms. The topological polar surface area (TPSA) is 58.2 Å². The molecule has 0 saturated heterocycles. The number of hydrogen-bond donors (Lipinski definition) is 2. The van der Waals surface area contributed by atoms with E-state index < -0.39 is 6.04 Å². The van der Waals surface area contributed by atoms with E-state index in [1.807, 2.05) is 13.8 Å². The fourth-order valence-electron chi connectivity index (χ4n) is 1.48. The Kier molecular flexibility index (Phi) is 6.75. The molecule has 0 fully saturated rings. The molecule has 1 aromatic rings. The average Bonchev–Trinajstić information content (AvgIpc) is 2.40. The molecule has 1 rings (SSSR count). The molecule has 0 aromatic heterocycles. The summed E-state index contributed by atoms with van der Waals surface area (Å²) in [5, 5.41) is 6.00. The van der Waals surface area contributed by atoms with E-state index in [-0.39, 0.29) is 17.9 Å². The van der Waals surface area contributed by atoms with Crippen molar-refractivity contribution in [2.75, 3.05) is 0 Å². The molecule has 0 aliphatic heterocycles. The zero-order valence-electron chi connectivity index (χ0n) is 11.7. The maximum atomic E-state index is 12.1. The van der Waals surface area contributed by atoms with Crippen molar-refractivity contribution >= 4 is 46.0 Å². The summed E-state index contributed by atoms with van der Waals surface area (Å²) in [6.45, 7) is 5.57. The molecule has 2 atom stereocenters. The molecule has 6 heteroatoms. The largest absolute Gasteiger partial charge is 0.352 e. The lowest BCUT2D eigenvalue weighted by Gasteiger charge is -2.17. The first-order valence-electron chi connectivity index (χ1n) is 6.41. The molecule has 2 N–H and O–H groups in total. The van der Waals surface area contributed by atoms with E-state index in [9.17, 15) is 9.59 Å². The van der Waals surface area contributed by atoms with Crippen LogP contribution in [0.25, 0.3) is 0 Å². The zero-order valence-corrected chi connectivity index (χ0v) is 14.6. The van der Waals surface area contributed by atoms with Gasteiger partial charge < -0.3 is 10.6 Å². The van der Waals surface area contributed by atoms with Gasteiger partial charge in [-0.2, -0.15) is 0 Å². The number of benzene rings is 1. The average molecular weight is 409 g/mol. The van der Waals surface area contributed by atoms with Crippen LogP contribution < -0.4 is 10.6 Å². The quantitative estimate of drug-likeness (QED) is 0.736. The molecule has 0 saturated carbocycles. The summed E-state index contributed by atoms with van der Waals surface area (Å²) >= 11 is 7.95. The summed E-state index contributed by atoms with van der Waals surface area (Å²) in [7, 11) is 0. The number of nitrogens with one attached hydrogen (secondary N) is 2. The van der Waals surface area contributed by atoms with Crippen LogP contribution >= 0.6 is 34.2 Å². The van der Waals surface area contributed by atoms with Gasteiger partial charge in [0.25, 0.3) is 5.91 Å². The van der Waals surface area contributed by atoms with E-state index in [2.05, 4.69) is 33.2 Å². The predicted molar refractivity (Wildman–Crippen MR) is 89.0 cm³/mol. The second-order valence-corrected chi connectivity index (χ2v) is 6.24. The van der Waals surface area contributed by atoms with Gasteiger partial charge in [0.1, 0.15) is 6.04 Å². The van der Waals surface area contributed by atoms with Crippen LogP contribution in [0.2, 0.25) is 5.02 Å². The van der Waals surface area contributed by atoms with Crippen LogP contribution in [-0.2, 0) is 4.79 Å². The minimum absolute atomic E-state index is 0.0909. The Morgan fingerprint density at radius 3 is 2.55 bits per heavy atom. The van der Waals surface area contributed by atoms with Crippen molar-refractivity contribution < 1.29 is 9.59 Å². The molecular weight excluding hydrogens is 391 g/mol. The Balaban J connectivity index is 2.70. The molecule has 0 heterocycles. The van der Waals surface area contributed by atoms with Gasteiger partial charge in [-0.15, -0.1) is 0 Å². The zero-order chi connectivity index (χ0) is 15.3. The molecule has 4 nitrogen and oxygen atoms in total. The Morgan fingerprint density at radius 2 is 1.95 bits per heavy atom. The van der Waals surface area contributed by atoms with Crippen molar-refractivity contribution in [2.45, 2.75) is 39.3 Å². The van der Waals surface area contributed by atoms with Crippen molar-refractivity contribution in [2.24, 2.45) is 0 Å². The molecular formula is C14H18ClIN2O2. The van der Waals surface area contributed by atoms with Gasteiger partial charge in [-0.3, -0.25) is 9.59 Å². The smallest absolute Gasteiger partial charge is 0.253 e. The molecule has 0 spiro atoms. The highest BCUT2D eigenvalue weighted by atomic mass is 127. The summed E-state index contributed by atoms with van der Waals surface area (Å²) in [5.74, 6) is -0.492. The molecule has 0 radical (unpaired) electrons. The molecule has 0 aliphatic rings. The van der Waals surface area contributed by atoms with E-state index in [0.29, 0.717) is 10.6 Å². The lowest BCUT2D eigenvalue weighted by molar-refractivity contribution is -0.123. The van der Waals surface area contributed by atoms with Crippen LogP contribution in [0.3, 0.4) is 0 Å². The van der Waals surface area contributed by atoms with Gasteiger partial charge in [-0.25, -0.2) is 0 Å². The van der Waals surface area contributed by atoms with Crippen molar-refractivity contribution in [3.8, 4) is 0 Å². The van der Waals surface area contributed by atoms with E-state index in [1.54, 1.807) is 25.1 Å². The summed E-state index contributed by atoms with van der Waals surface area (Å²) < 4.78 is 0.791. The highest BCUT2D eigenvalue weighted by molar-refractivity contribution is 14.1. The Bertz CT molecular complexity index is 508. The summed E-state index contributed by atoms with van der Waals surface area (Å²) in [6, 6.07) is 4.58. The standard InChI is InChI=1S/C14H18ClIN2O2/c1-4-8(2)17-13(19)9(3)18-14(20)11-7-10(15)5-6-12(11)16/h5-9H,4H2,1-3H3,(H,17,19)(H,18,20). The lowest BCUT2D eigenvalue weighted by atomic mass is 10.2. The van der Waals surface area contributed by atoms with Crippen molar-refractivity contribution in [1.82, 2.24) is 10.6 Å². The number of carbonyl (C=O) groups excluding carboxylic acids is 2. The van der Waals surface area contributed by atoms with Crippen LogP contribution in [-0.4, -0.2) is 23.9 Å². The Morgan fingerprint density at radius 1 is 1.30 bits per heavy atom. The van der Waals surface area contributed by atoms with Gasteiger partial charge in [0, 0.05) is 14.6 Å². The Labute approximate surface area is 137 Å². The minimum Gasteiger partial charge on any atom is -0.352 e. The number of halogens is 2. The summed E-state index contributed by atoms with van der Waals surface area (Å²) in [4.78, 5) is 24.0. The SMILES string of the molecule is CCC(C)NC(=O)C(C)NC(=O)c1cc(Cl)ccc1I. The van der Waals surface area contributed by atoms with Crippen LogP contribution in [0.15, 0.2) is 18.2 Å². The molecule has 1 aromatic carbocycles. The van der Waals surface area contributed by atoms with E-state index in [1.165, 1.54) is 0 Å². The molecule has 0 aliphatic carbocycles. The lowest BCUT2D eigenvalue weighted by Crippen LogP contribution is -2.47. The summed E-state index contributed by atoms with van der Waals surface area (Å²) in [6.07, 6.45) is 0.846. The van der Waals surface area contributed by atoms with Gasteiger partial charge in [-0.1, -0.05) is 18.5 Å². The maximum Gasteiger partial charge on any atom is 0.253 e. The molecule has 110 valence electrons. The van der Waals surface area contributed by atoms with Crippen molar-refractivity contribution in [3.63, 3.8) is 0 Å². The predicted octanol–water partition coefficient (Wildman–Crippen LogP) is 2.98. The second-order valence-electron chi connectivity index (χ2n) is 4.64. The van der Waals surface area contributed by atoms with Gasteiger partial charge in [0.05, 0.1) is 5.56 Å². The number of carbonyl (C=O) groups is 2. The maximum absolute atomic E-state index is 12.1. The van der Waals surface area contributed by atoms with Gasteiger partial charge >= 0.3 is 0 Å².